The van der Waals surface area contributed by atoms with Gasteiger partial charge in [-0.1, -0.05) is 11.3 Å². The number of nitrogens with one attached hydrogen (secondary N) is 1. The van der Waals surface area contributed by atoms with Gasteiger partial charge >= 0.3 is 0 Å². The van der Waals surface area contributed by atoms with E-state index in [1.165, 1.54) is 22.5 Å². The second-order valence-corrected chi connectivity index (χ2v) is 9.91. The normalized spacial score (nSPS) is 16.1. The number of benzene rings is 2. The predicted octanol–water partition coefficient (Wildman–Crippen LogP) is 2.76. The summed E-state index contributed by atoms with van der Waals surface area (Å²) in [5.74, 6) is -2.80. The Kier molecular flexibility index (Phi) is 5.53. The molecular weight excluding hydrogens is 434 g/mol. The summed E-state index contributed by atoms with van der Waals surface area (Å²) in [6.45, 7) is 2.19. The summed E-state index contributed by atoms with van der Waals surface area (Å²) >= 11 is 1.10. The van der Waals surface area contributed by atoms with Crippen molar-refractivity contribution in [2.75, 3.05) is 38.5 Å². The fraction of sp³-hybridized carbons (Fsp3) is 0.263. The Hall–Kier alpha value is -2.47. The fourth-order valence-electron chi connectivity index (χ4n) is 3.10. The number of aromatic nitrogens is 1. The van der Waals surface area contributed by atoms with E-state index in [1.54, 1.807) is 6.07 Å². The number of halogens is 2. The summed E-state index contributed by atoms with van der Waals surface area (Å²) in [6.07, 6.45) is 0. The quantitative estimate of drug-likeness (QED) is 0.658. The number of fused-ring (bicyclic) bond motifs is 1. The molecule has 4 rings (SSSR count). The zero-order valence-corrected chi connectivity index (χ0v) is 17.6. The monoisotopic (exact) mass is 452 g/mol. The van der Waals surface area contributed by atoms with E-state index in [4.69, 9.17) is 0 Å². The molecule has 1 fully saturated rings. The first kappa shape index (κ1) is 20.8. The standard InChI is InChI=1S/C19H18F2N4O3S2/c1-24-6-8-25(9-7-24)30(27,28)13-3-5-16-17(11-13)29-19(22-16)23-18(26)12-2-4-14(20)15(21)10-12/h2-5,10-11H,6-9H2,1H3,(H,22,23,26). The van der Waals surface area contributed by atoms with Crippen LogP contribution in [0.15, 0.2) is 41.3 Å². The maximum Gasteiger partial charge on any atom is 0.257 e. The van der Waals surface area contributed by atoms with E-state index in [9.17, 15) is 22.0 Å². The Balaban J connectivity index is 1.56. The van der Waals surface area contributed by atoms with Crippen LogP contribution in [-0.2, 0) is 10.0 Å². The highest BCUT2D eigenvalue weighted by Crippen LogP contribution is 2.30. The minimum atomic E-state index is -3.62. The Morgan fingerprint density at radius 2 is 1.80 bits per heavy atom. The number of hydrogen-bond acceptors (Lipinski definition) is 6. The molecule has 1 saturated heterocycles. The largest absolute Gasteiger partial charge is 0.304 e. The molecule has 1 aliphatic rings. The second-order valence-electron chi connectivity index (χ2n) is 6.94. The van der Waals surface area contributed by atoms with Gasteiger partial charge in [0, 0.05) is 31.7 Å². The molecule has 1 amide bonds. The van der Waals surface area contributed by atoms with Crippen molar-refractivity contribution in [1.29, 1.82) is 0 Å². The summed E-state index contributed by atoms with van der Waals surface area (Å²) in [4.78, 5) is 18.8. The van der Waals surface area contributed by atoms with Crippen molar-refractivity contribution in [2.24, 2.45) is 0 Å². The van der Waals surface area contributed by atoms with Crippen LogP contribution in [0.1, 0.15) is 10.4 Å². The average Bonchev–Trinajstić information content (AvgIpc) is 3.11. The van der Waals surface area contributed by atoms with Gasteiger partial charge in [-0.2, -0.15) is 4.31 Å². The highest BCUT2D eigenvalue weighted by molar-refractivity contribution is 7.89. The third-order valence-electron chi connectivity index (χ3n) is 4.86. The summed E-state index contributed by atoms with van der Waals surface area (Å²) in [7, 11) is -1.67. The van der Waals surface area contributed by atoms with Crippen LogP contribution in [0.3, 0.4) is 0 Å². The number of rotatable bonds is 4. The summed E-state index contributed by atoms with van der Waals surface area (Å²) in [5, 5.41) is 2.77. The molecule has 0 unspecified atom stereocenters. The van der Waals surface area contributed by atoms with Crippen LogP contribution in [0, 0.1) is 11.6 Å². The predicted molar refractivity (Wildman–Crippen MR) is 110 cm³/mol. The molecule has 0 radical (unpaired) electrons. The molecule has 30 heavy (non-hydrogen) atoms. The smallest absolute Gasteiger partial charge is 0.257 e. The van der Waals surface area contributed by atoms with E-state index >= 15 is 0 Å². The lowest BCUT2D eigenvalue weighted by atomic mass is 10.2. The van der Waals surface area contributed by atoms with Crippen LogP contribution in [-0.4, -0.2) is 61.7 Å². The van der Waals surface area contributed by atoms with E-state index < -0.39 is 27.6 Å². The lowest BCUT2D eigenvalue weighted by molar-refractivity contribution is 0.102. The van der Waals surface area contributed by atoms with Crippen molar-refractivity contribution >= 4 is 42.6 Å². The molecule has 0 bridgehead atoms. The van der Waals surface area contributed by atoms with Crippen LogP contribution in [0.4, 0.5) is 13.9 Å². The lowest BCUT2D eigenvalue weighted by Gasteiger charge is -2.31. The third kappa shape index (κ3) is 4.06. The van der Waals surface area contributed by atoms with Crippen LogP contribution in [0.2, 0.25) is 0 Å². The van der Waals surface area contributed by atoms with Gasteiger partial charge in [-0.3, -0.25) is 10.1 Å². The van der Waals surface area contributed by atoms with Crippen LogP contribution < -0.4 is 5.32 Å². The molecule has 0 aliphatic carbocycles. The van der Waals surface area contributed by atoms with Gasteiger partial charge in [-0.15, -0.1) is 0 Å². The number of carbonyl (C=O) groups excluding carboxylic acids is 1. The van der Waals surface area contributed by atoms with Gasteiger partial charge in [-0.25, -0.2) is 22.2 Å². The number of carbonyl (C=O) groups is 1. The highest BCUT2D eigenvalue weighted by Gasteiger charge is 2.28. The van der Waals surface area contributed by atoms with Crippen molar-refractivity contribution in [2.45, 2.75) is 4.90 Å². The zero-order valence-electron chi connectivity index (χ0n) is 15.9. The Labute approximate surface area is 176 Å². The zero-order chi connectivity index (χ0) is 21.5. The number of piperazine rings is 1. The van der Waals surface area contributed by atoms with Crippen molar-refractivity contribution in [1.82, 2.24) is 14.2 Å². The number of amides is 1. The average molecular weight is 453 g/mol. The molecule has 11 heteroatoms. The molecular formula is C19H18F2N4O3S2. The topological polar surface area (TPSA) is 82.6 Å². The first-order chi connectivity index (χ1) is 14.2. The number of hydrogen-bond donors (Lipinski definition) is 1. The maximum atomic E-state index is 13.3. The van der Waals surface area contributed by atoms with Gasteiger partial charge in [-0.05, 0) is 43.4 Å². The molecule has 1 N–H and O–H groups in total. The maximum absolute atomic E-state index is 13.3. The number of sulfonamides is 1. The van der Waals surface area contributed by atoms with Crippen molar-refractivity contribution in [3.8, 4) is 0 Å². The third-order valence-corrected chi connectivity index (χ3v) is 7.69. The molecule has 0 saturated carbocycles. The van der Waals surface area contributed by atoms with Gasteiger partial charge in [0.1, 0.15) is 0 Å². The lowest BCUT2D eigenvalue weighted by Crippen LogP contribution is -2.46. The number of anilines is 1. The first-order valence-electron chi connectivity index (χ1n) is 9.10. The number of likely N-dealkylation sites (N-methyl/N-ethyl adjacent to an activating group) is 1. The van der Waals surface area contributed by atoms with Gasteiger partial charge in [0.25, 0.3) is 5.91 Å². The summed E-state index contributed by atoms with van der Waals surface area (Å²) in [6, 6.07) is 7.46. The van der Waals surface area contributed by atoms with Crippen molar-refractivity contribution in [3.63, 3.8) is 0 Å². The molecule has 2 heterocycles. The van der Waals surface area contributed by atoms with Gasteiger partial charge in [0.2, 0.25) is 10.0 Å². The number of thiazole rings is 1. The van der Waals surface area contributed by atoms with E-state index in [1.807, 2.05) is 7.05 Å². The number of nitrogens with zero attached hydrogens (tertiary/aromatic N) is 3. The summed E-state index contributed by atoms with van der Waals surface area (Å²) in [5.41, 5.74) is 0.476. The Morgan fingerprint density at radius 3 is 2.50 bits per heavy atom. The van der Waals surface area contributed by atoms with E-state index in [0.29, 0.717) is 36.4 Å². The molecule has 3 aromatic rings. The van der Waals surface area contributed by atoms with Crippen LogP contribution >= 0.6 is 11.3 Å². The molecule has 158 valence electrons. The molecule has 7 nitrogen and oxygen atoms in total. The first-order valence-corrected chi connectivity index (χ1v) is 11.4. The Bertz CT molecular complexity index is 1220. The van der Waals surface area contributed by atoms with E-state index in [-0.39, 0.29) is 15.6 Å². The minimum Gasteiger partial charge on any atom is -0.304 e. The second kappa shape index (κ2) is 7.99. The highest BCUT2D eigenvalue weighted by atomic mass is 32.2. The van der Waals surface area contributed by atoms with E-state index in [2.05, 4.69) is 15.2 Å². The molecule has 2 aromatic carbocycles. The van der Waals surface area contributed by atoms with Crippen LogP contribution in [0.5, 0.6) is 0 Å². The van der Waals surface area contributed by atoms with Crippen LogP contribution in [0.25, 0.3) is 10.2 Å². The van der Waals surface area contributed by atoms with Gasteiger partial charge in [0.15, 0.2) is 16.8 Å². The molecule has 1 aliphatic heterocycles. The molecule has 1 aromatic heterocycles. The molecule has 0 spiro atoms. The minimum absolute atomic E-state index is 0.0495. The van der Waals surface area contributed by atoms with Crippen molar-refractivity contribution in [3.05, 3.63) is 53.6 Å². The van der Waals surface area contributed by atoms with E-state index in [0.717, 1.165) is 23.5 Å². The molecule has 0 atom stereocenters. The fourth-order valence-corrected chi connectivity index (χ4v) is 5.53. The summed E-state index contributed by atoms with van der Waals surface area (Å²) < 4.78 is 54.3. The SMILES string of the molecule is CN1CCN(S(=O)(=O)c2ccc3nc(NC(=O)c4ccc(F)c(F)c4)sc3c2)CC1. The van der Waals surface area contributed by atoms with Crippen molar-refractivity contribution < 1.29 is 22.0 Å². The van der Waals surface area contributed by atoms with Gasteiger partial charge in [0.05, 0.1) is 15.1 Å². The van der Waals surface area contributed by atoms with Gasteiger partial charge < -0.3 is 4.90 Å². The Morgan fingerprint density at radius 1 is 1.07 bits per heavy atom.